The SMILES string of the molecule is CC=CC[C@@H](C)[C@@H](O)C1C(=O)N[C@@H](CC)C(=O)N(C)CC(=O)N(C)C[C@@H](CC(C)C)C(=O)N[C@@H](C(C)C)C(=O)N(C)[C@@H](CC(C)C)C(=O)N[C@@H](C)C(=O)N[C@H](C)C(=O)N(C)[C@@H](CC(C)C)C(=O)N(C)[C@@H](CC(C)C)C(=O)N(C)[C@@H](C(C)C)C(=O)N1C. The van der Waals surface area contributed by atoms with Crippen LogP contribution >= 0.6 is 0 Å². The van der Waals surface area contributed by atoms with E-state index in [0.29, 0.717) is 12.8 Å². The second-order valence-electron chi connectivity index (χ2n) is 26.5. The molecule has 1 fully saturated rings. The van der Waals surface area contributed by atoms with Crippen molar-refractivity contribution in [2.24, 2.45) is 47.3 Å². The van der Waals surface area contributed by atoms with Crippen molar-refractivity contribution < 1.29 is 57.8 Å². The van der Waals surface area contributed by atoms with Crippen LogP contribution in [0.3, 0.4) is 0 Å². The van der Waals surface area contributed by atoms with Crippen LogP contribution < -0.4 is 21.3 Å². The standard InChI is InChI=1S/C63H113N11O12/c1-25-27-28-41(15)53(76)52-57(80)66-45(26-2)59(82)69(19)34-49(75)68(18)33-44(29-35(3)4)55(78)67-50(39(11)12)62(85)70(20)46(30-36(5)6)56(79)64-42(16)54(77)65-43(17)58(81)71(21)47(31-37(7)8)60(83)72(22)48(32-38(9)10)61(84)73(23)51(40(13)14)63(86)74(52)24/h25,27,35-48,50-53,76H,26,28-34H2,1-24H3,(H,64,79)(H,65,77)(H,66,80)(H,67,78)/t41-,42+,43-,44-,45+,46+,47+,48+,50+,51+,52?,53-/m1/s1. The highest BCUT2D eigenvalue weighted by Crippen LogP contribution is 2.26. The zero-order valence-electron chi connectivity index (χ0n) is 56.8. The van der Waals surface area contributed by atoms with E-state index >= 15 is 9.59 Å². The summed E-state index contributed by atoms with van der Waals surface area (Å²) < 4.78 is 0. The second-order valence-corrected chi connectivity index (χ2v) is 26.5. The number of allylic oxidation sites excluding steroid dienone is 2. The van der Waals surface area contributed by atoms with Gasteiger partial charge in [-0.15, -0.1) is 0 Å². The summed E-state index contributed by atoms with van der Waals surface area (Å²) in [6, 6.07) is -11.0. The highest BCUT2D eigenvalue weighted by atomic mass is 16.3. The van der Waals surface area contributed by atoms with Crippen LogP contribution in [-0.4, -0.2) is 227 Å². The molecule has 0 spiro atoms. The van der Waals surface area contributed by atoms with Gasteiger partial charge in [-0.3, -0.25) is 52.7 Å². The van der Waals surface area contributed by atoms with Crippen molar-refractivity contribution in [1.82, 2.24) is 55.6 Å². The normalized spacial score (nSPS) is 26.9. The fraction of sp³-hybridized carbons (Fsp3) is 0.794. The van der Waals surface area contributed by atoms with Gasteiger partial charge in [-0.1, -0.05) is 109 Å². The Hall–Kier alpha value is -6.13. The van der Waals surface area contributed by atoms with Crippen LogP contribution in [0.5, 0.6) is 0 Å². The molecule has 12 atom stereocenters. The fourth-order valence-electron chi connectivity index (χ4n) is 10.9. The van der Waals surface area contributed by atoms with Crippen molar-refractivity contribution in [2.75, 3.05) is 62.4 Å². The topological polar surface area (TPSA) is 279 Å². The Balaban J connectivity index is 4.27. The van der Waals surface area contributed by atoms with Crippen molar-refractivity contribution in [2.45, 2.75) is 217 Å². The number of aliphatic hydroxyl groups excluding tert-OH is 1. The molecule has 0 aromatic carbocycles. The molecule has 0 bridgehead atoms. The summed E-state index contributed by atoms with van der Waals surface area (Å²) in [6.07, 6.45) is 3.27. The van der Waals surface area contributed by atoms with E-state index in [-0.39, 0.29) is 55.9 Å². The van der Waals surface area contributed by atoms with E-state index in [1.165, 1.54) is 87.7 Å². The molecule has 0 aliphatic carbocycles. The van der Waals surface area contributed by atoms with Gasteiger partial charge in [0.05, 0.1) is 18.6 Å². The van der Waals surface area contributed by atoms with Gasteiger partial charge < -0.3 is 60.7 Å². The van der Waals surface area contributed by atoms with Crippen LogP contribution in [0.4, 0.5) is 0 Å². The average Bonchev–Trinajstić information content (AvgIpc) is 1.28. The predicted molar refractivity (Wildman–Crippen MR) is 333 cm³/mol. The molecular formula is C63H113N11O12. The lowest BCUT2D eigenvalue weighted by Gasteiger charge is -2.41. The van der Waals surface area contributed by atoms with Gasteiger partial charge in [0.25, 0.3) is 0 Å². The maximum Gasteiger partial charge on any atom is 0.246 e. The Morgan fingerprint density at radius 1 is 0.477 bits per heavy atom. The van der Waals surface area contributed by atoms with Crippen molar-refractivity contribution in [3.8, 4) is 0 Å². The second kappa shape index (κ2) is 35.6. The van der Waals surface area contributed by atoms with Crippen molar-refractivity contribution in [1.29, 1.82) is 0 Å². The number of nitrogens with one attached hydrogen (secondary N) is 4. The van der Waals surface area contributed by atoms with E-state index in [1.54, 1.807) is 54.5 Å². The molecule has 5 N–H and O–H groups in total. The minimum Gasteiger partial charge on any atom is -0.390 e. The van der Waals surface area contributed by atoms with Gasteiger partial charge in [0, 0.05) is 55.9 Å². The molecule has 86 heavy (non-hydrogen) atoms. The molecule has 1 heterocycles. The molecule has 1 saturated heterocycles. The van der Waals surface area contributed by atoms with Crippen LogP contribution in [0.2, 0.25) is 0 Å². The molecule has 1 rings (SSSR count). The third-order valence-corrected chi connectivity index (χ3v) is 16.3. The van der Waals surface area contributed by atoms with Crippen LogP contribution in [0.25, 0.3) is 0 Å². The molecule has 1 aliphatic rings. The number of carbonyl (C=O) groups excluding carboxylic acids is 11. The van der Waals surface area contributed by atoms with Crippen molar-refractivity contribution >= 4 is 65.0 Å². The van der Waals surface area contributed by atoms with Gasteiger partial charge in [0.2, 0.25) is 65.0 Å². The minimum atomic E-state index is -1.60. The molecule has 492 valence electrons. The molecular weight excluding hydrogens is 1100 g/mol. The number of aliphatic hydroxyl groups is 1. The number of rotatable bonds is 15. The molecule has 1 unspecified atom stereocenters. The van der Waals surface area contributed by atoms with Crippen LogP contribution in [0, 0.1) is 47.3 Å². The Bertz CT molecular complexity index is 2340. The zero-order chi connectivity index (χ0) is 66.7. The van der Waals surface area contributed by atoms with E-state index in [0.717, 1.165) is 9.80 Å². The number of hydrogen-bond acceptors (Lipinski definition) is 12. The summed E-state index contributed by atoms with van der Waals surface area (Å²) >= 11 is 0. The Kier molecular flexibility index (Phi) is 32.3. The summed E-state index contributed by atoms with van der Waals surface area (Å²) in [6.45, 7) is 29.5. The van der Waals surface area contributed by atoms with Gasteiger partial charge in [-0.2, -0.15) is 0 Å². The summed E-state index contributed by atoms with van der Waals surface area (Å²) in [5, 5.41) is 23.1. The smallest absolute Gasteiger partial charge is 0.246 e. The minimum absolute atomic E-state index is 0.0352. The first-order valence-electron chi connectivity index (χ1n) is 31.0. The van der Waals surface area contributed by atoms with Gasteiger partial charge in [0.15, 0.2) is 0 Å². The fourth-order valence-corrected chi connectivity index (χ4v) is 10.9. The Labute approximate surface area is 515 Å². The molecule has 0 saturated carbocycles. The maximum atomic E-state index is 15.1. The molecule has 0 aromatic heterocycles. The lowest BCUT2D eigenvalue weighted by molar-refractivity contribution is -0.157. The molecule has 23 nitrogen and oxygen atoms in total. The third kappa shape index (κ3) is 22.2. The first-order valence-corrected chi connectivity index (χ1v) is 31.0. The lowest BCUT2D eigenvalue weighted by Crippen LogP contribution is -2.63. The largest absolute Gasteiger partial charge is 0.390 e. The lowest BCUT2D eigenvalue weighted by atomic mass is 9.91. The maximum absolute atomic E-state index is 15.1. The van der Waals surface area contributed by atoms with E-state index in [2.05, 4.69) is 21.3 Å². The quantitative estimate of drug-likeness (QED) is 0.147. The molecule has 23 heteroatoms. The van der Waals surface area contributed by atoms with Crippen molar-refractivity contribution in [3.63, 3.8) is 0 Å². The van der Waals surface area contributed by atoms with Gasteiger partial charge in [-0.05, 0) is 101 Å². The average molecular weight is 1220 g/mol. The number of amides is 11. The highest BCUT2D eigenvalue weighted by Gasteiger charge is 2.45. The zero-order valence-corrected chi connectivity index (χ0v) is 56.8. The number of likely N-dealkylation sites (N-methyl/N-ethyl adjacent to an activating group) is 7. The summed E-state index contributed by atoms with van der Waals surface area (Å²) in [5.41, 5.74) is 0. The van der Waals surface area contributed by atoms with Crippen LogP contribution in [0.15, 0.2) is 12.2 Å². The van der Waals surface area contributed by atoms with Crippen LogP contribution in [-0.2, 0) is 52.7 Å². The number of hydrogen-bond donors (Lipinski definition) is 5. The molecule has 11 amide bonds. The molecule has 1 aliphatic heterocycles. The predicted octanol–water partition coefficient (Wildman–Crippen LogP) is 3.52. The highest BCUT2D eigenvalue weighted by molar-refractivity contribution is 5.99. The summed E-state index contributed by atoms with van der Waals surface area (Å²) in [4.78, 5) is 168. The molecule has 0 aromatic rings. The number of carbonyl (C=O) groups is 11. The third-order valence-electron chi connectivity index (χ3n) is 16.3. The summed E-state index contributed by atoms with van der Waals surface area (Å²) in [7, 11) is 10.1. The van der Waals surface area contributed by atoms with Crippen molar-refractivity contribution in [3.05, 3.63) is 12.2 Å². The molecule has 0 radical (unpaired) electrons. The van der Waals surface area contributed by atoms with E-state index in [9.17, 15) is 48.3 Å². The Morgan fingerprint density at radius 2 is 0.930 bits per heavy atom. The monoisotopic (exact) mass is 1220 g/mol. The van der Waals surface area contributed by atoms with Crippen LogP contribution in [0.1, 0.15) is 156 Å². The number of nitrogens with zero attached hydrogens (tertiary/aromatic N) is 7. The van der Waals surface area contributed by atoms with Gasteiger partial charge in [0.1, 0.15) is 54.4 Å². The first kappa shape index (κ1) is 77.9. The Morgan fingerprint density at radius 3 is 1.40 bits per heavy atom. The van der Waals surface area contributed by atoms with Gasteiger partial charge in [-0.25, -0.2) is 0 Å². The van der Waals surface area contributed by atoms with E-state index in [1.807, 2.05) is 61.5 Å². The first-order chi connectivity index (χ1) is 39.7. The van der Waals surface area contributed by atoms with Gasteiger partial charge >= 0.3 is 0 Å². The van der Waals surface area contributed by atoms with E-state index in [4.69, 9.17) is 0 Å². The summed E-state index contributed by atoms with van der Waals surface area (Å²) in [5.74, 6) is -9.97. The van der Waals surface area contributed by atoms with E-state index < -0.39 is 156 Å².